The molecule has 0 bridgehead atoms. The number of para-hydroxylation sites is 1. The van der Waals surface area contributed by atoms with Gasteiger partial charge in [-0.05, 0) is 30.0 Å². The molecule has 2 aromatic rings. The zero-order valence-electron chi connectivity index (χ0n) is 13.1. The van der Waals surface area contributed by atoms with Crippen molar-refractivity contribution >= 4 is 27.1 Å². The third-order valence-electron chi connectivity index (χ3n) is 3.98. The Kier molecular flexibility index (Phi) is 5.20. The molecule has 1 aliphatic rings. The Balaban J connectivity index is 1.70. The monoisotopic (exact) mass is 365 g/mol. The van der Waals surface area contributed by atoms with Gasteiger partial charge in [-0.15, -0.1) is 11.3 Å². The van der Waals surface area contributed by atoms with Gasteiger partial charge in [0.05, 0.1) is 18.1 Å². The van der Waals surface area contributed by atoms with E-state index in [0.29, 0.717) is 18.7 Å². The maximum Gasteiger partial charge on any atom is 0.261 e. The lowest BCUT2D eigenvalue weighted by atomic mass is 10.2. The quantitative estimate of drug-likeness (QED) is 0.788. The van der Waals surface area contributed by atoms with Crippen LogP contribution in [0.25, 0.3) is 0 Å². The molecule has 2 heterocycles. The third kappa shape index (κ3) is 4.36. The summed E-state index contributed by atoms with van der Waals surface area (Å²) in [4.78, 5) is 15.3. The smallest absolute Gasteiger partial charge is 0.261 e. The van der Waals surface area contributed by atoms with Crippen molar-refractivity contribution in [2.45, 2.75) is 19.0 Å². The average Bonchev–Trinajstić information content (AvgIpc) is 3.20. The molecule has 0 N–H and O–H groups in total. The first-order valence-electron chi connectivity index (χ1n) is 7.74. The summed E-state index contributed by atoms with van der Waals surface area (Å²) in [5, 5.41) is 1.95. The molecule has 5 nitrogen and oxygen atoms in total. The van der Waals surface area contributed by atoms with E-state index in [1.807, 2.05) is 35.7 Å². The minimum absolute atomic E-state index is 0.0372. The van der Waals surface area contributed by atoms with E-state index in [-0.39, 0.29) is 30.1 Å². The Labute approximate surface area is 145 Å². The molecule has 0 unspecified atom stereocenters. The van der Waals surface area contributed by atoms with E-state index in [0.717, 1.165) is 4.88 Å². The fourth-order valence-electron chi connectivity index (χ4n) is 2.76. The van der Waals surface area contributed by atoms with Crippen LogP contribution < -0.4 is 4.74 Å². The molecular formula is C17H19NO4S2. The van der Waals surface area contributed by atoms with Crippen molar-refractivity contribution in [3.8, 4) is 5.75 Å². The summed E-state index contributed by atoms with van der Waals surface area (Å²) < 4.78 is 29.1. The van der Waals surface area contributed by atoms with Crippen LogP contribution in [0.3, 0.4) is 0 Å². The number of sulfone groups is 1. The van der Waals surface area contributed by atoms with Crippen LogP contribution in [0, 0.1) is 0 Å². The van der Waals surface area contributed by atoms with Gasteiger partial charge in [-0.3, -0.25) is 4.79 Å². The molecule has 128 valence electrons. The highest BCUT2D eigenvalue weighted by molar-refractivity contribution is 7.91. The summed E-state index contributed by atoms with van der Waals surface area (Å²) >= 11 is 1.56. The van der Waals surface area contributed by atoms with Crippen molar-refractivity contribution in [3.63, 3.8) is 0 Å². The van der Waals surface area contributed by atoms with Crippen LogP contribution in [0.2, 0.25) is 0 Å². The lowest BCUT2D eigenvalue weighted by molar-refractivity contribution is -0.135. The van der Waals surface area contributed by atoms with Crippen LogP contribution in [-0.4, -0.2) is 43.4 Å². The van der Waals surface area contributed by atoms with E-state index < -0.39 is 9.84 Å². The summed E-state index contributed by atoms with van der Waals surface area (Å²) in [5.74, 6) is 0.622. The lowest BCUT2D eigenvalue weighted by Gasteiger charge is -2.27. The van der Waals surface area contributed by atoms with Gasteiger partial charge in [0.2, 0.25) is 0 Å². The standard InChI is InChI=1S/C17H19NO4S2/c19-17(12-22-15-5-2-1-3-6-15)18(11-16-7-4-9-23-16)14-8-10-24(20,21)13-14/h1-7,9,14H,8,10-13H2/t14-/m0/s1. The molecule has 0 saturated carbocycles. The van der Waals surface area contributed by atoms with Gasteiger partial charge in [-0.25, -0.2) is 8.42 Å². The van der Waals surface area contributed by atoms with Gasteiger partial charge in [-0.2, -0.15) is 0 Å². The summed E-state index contributed by atoms with van der Waals surface area (Å²) in [7, 11) is -3.05. The van der Waals surface area contributed by atoms with Crippen molar-refractivity contribution in [1.29, 1.82) is 0 Å². The number of nitrogens with zero attached hydrogens (tertiary/aromatic N) is 1. The molecule has 0 aliphatic carbocycles. The molecule has 1 saturated heterocycles. The summed E-state index contributed by atoms with van der Waals surface area (Å²) in [6.07, 6.45) is 0.491. The number of carbonyl (C=O) groups excluding carboxylic acids is 1. The van der Waals surface area contributed by atoms with Crippen molar-refractivity contribution in [1.82, 2.24) is 4.90 Å². The number of ether oxygens (including phenoxy) is 1. The minimum Gasteiger partial charge on any atom is -0.484 e. The molecular weight excluding hydrogens is 346 g/mol. The van der Waals surface area contributed by atoms with Crippen LogP contribution in [0.4, 0.5) is 0 Å². The van der Waals surface area contributed by atoms with E-state index in [2.05, 4.69) is 0 Å². The van der Waals surface area contributed by atoms with Crippen molar-refractivity contribution < 1.29 is 17.9 Å². The highest BCUT2D eigenvalue weighted by atomic mass is 32.2. The molecule has 1 fully saturated rings. The van der Waals surface area contributed by atoms with Crippen molar-refractivity contribution in [2.75, 3.05) is 18.1 Å². The molecule has 0 radical (unpaired) electrons. The number of thiophene rings is 1. The number of amides is 1. The van der Waals surface area contributed by atoms with E-state index in [4.69, 9.17) is 4.74 Å². The number of rotatable bonds is 6. The Morgan fingerprint density at radius 2 is 2.00 bits per heavy atom. The average molecular weight is 365 g/mol. The number of hydrogen-bond acceptors (Lipinski definition) is 5. The highest BCUT2D eigenvalue weighted by Crippen LogP contribution is 2.22. The van der Waals surface area contributed by atoms with Crippen LogP contribution >= 0.6 is 11.3 Å². The van der Waals surface area contributed by atoms with Gasteiger partial charge in [0.15, 0.2) is 16.4 Å². The van der Waals surface area contributed by atoms with Crippen LogP contribution in [0.15, 0.2) is 47.8 Å². The largest absolute Gasteiger partial charge is 0.484 e. The van der Waals surface area contributed by atoms with Gasteiger partial charge >= 0.3 is 0 Å². The summed E-state index contributed by atoms with van der Waals surface area (Å²) in [6, 6.07) is 12.7. The molecule has 1 amide bonds. The lowest BCUT2D eigenvalue weighted by Crippen LogP contribution is -2.42. The highest BCUT2D eigenvalue weighted by Gasteiger charge is 2.34. The molecule has 1 atom stereocenters. The molecule has 1 aromatic heterocycles. The predicted molar refractivity (Wildman–Crippen MR) is 93.9 cm³/mol. The number of hydrogen-bond donors (Lipinski definition) is 0. The third-order valence-corrected chi connectivity index (χ3v) is 6.59. The van der Waals surface area contributed by atoms with E-state index >= 15 is 0 Å². The first-order valence-corrected chi connectivity index (χ1v) is 10.4. The Morgan fingerprint density at radius 1 is 1.21 bits per heavy atom. The molecule has 7 heteroatoms. The predicted octanol–water partition coefficient (Wildman–Crippen LogP) is 2.34. The molecule has 0 spiro atoms. The van der Waals surface area contributed by atoms with Gasteiger partial charge in [0.1, 0.15) is 5.75 Å². The second kappa shape index (κ2) is 7.36. The second-order valence-corrected chi connectivity index (χ2v) is 9.02. The Morgan fingerprint density at radius 3 is 2.62 bits per heavy atom. The van der Waals surface area contributed by atoms with E-state index in [1.54, 1.807) is 28.4 Å². The fourth-order valence-corrected chi connectivity index (χ4v) is 5.19. The molecule has 1 aromatic carbocycles. The maximum absolute atomic E-state index is 12.7. The topological polar surface area (TPSA) is 63.7 Å². The van der Waals surface area contributed by atoms with Crippen LogP contribution in [0.5, 0.6) is 5.75 Å². The first-order chi connectivity index (χ1) is 11.5. The van der Waals surface area contributed by atoms with E-state index in [1.165, 1.54) is 0 Å². The summed E-state index contributed by atoms with van der Waals surface area (Å²) in [6.45, 7) is 0.334. The molecule has 1 aliphatic heterocycles. The Hall–Kier alpha value is -1.86. The normalized spacial score (nSPS) is 19.1. The summed E-state index contributed by atoms with van der Waals surface area (Å²) in [5.41, 5.74) is 0. The van der Waals surface area contributed by atoms with Gasteiger partial charge in [0, 0.05) is 10.9 Å². The Bertz CT molecular complexity index is 772. The SMILES string of the molecule is O=C(COc1ccccc1)N(Cc1cccs1)[C@H]1CCS(=O)(=O)C1. The zero-order valence-corrected chi connectivity index (χ0v) is 14.8. The molecule has 24 heavy (non-hydrogen) atoms. The van der Waals surface area contributed by atoms with Crippen LogP contribution in [0.1, 0.15) is 11.3 Å². The minimum atomic E-state index is -3.05. The van der Waals surface area contributed by atoms with Gasteiger partial charge < -0.3 is 9.64 Å². The van der Waals surface area contributed by atoms with Gasteiger partial charge in [-0.1, -0.05) is 24.3 Å². The number of carbonyl (C=O) groups is 1. The molecule has 3 rings (SSSR count). The van der Waals surface area contributed by atoms with Crippen molar-refractivity contribution in [2.24, 2.45) is 0 Å². The van der Waals surface area contributed by atoms with Crippen LogP contribution in [-0.2, 0) is 21.2 Å². The zero-order chi connectivity index (χ0) is 17.0. The van der Waals surface area contributed by atoms with Gasteiger partial charge in [0.25, 0.3) is 5.91 Å². The van der Waals surface area contributed by atoms with E-state index in [9.17, 15) is 13.2 Å². The second-order valence-electron chi connectivity index (χ2n) is 5.76. The fraction of sp³-hybridized carbons (Fsp3) is 0.353. The first kappa shape index (κ1) is 17.0. The maximum atomic E-state index is 12.7. The van der Waals surface area contributed by atoms with Crippen molar-refractivity contribution in [3.05, 3.63) is 52.7 Å². The number of benzene rings is 1.